The second-order valence-electron chi connectivity index (χ2n) is 8.04. The Balaban J connectivity index is 1.94. The summed E-state index contributed by atoms with van der Waals surface area (Å²) in [6, 6.07) is 14.0. The molecule has 1 heterocycles. The number of halogens is 2. The van der Waals surface area contributed by atoms with Gasteiger partial charge in [0.2, 0.25) is 0 Å². The largest absolute Gasteiger partial charge is 0.507 e. The average molecular weight is 463 g/mol. The highest BCUT2D eigenvalue weighted by atomic mass is 19.2. The Hall–Kier alpha value is -4.00. The quantitative estimate of drug-likeness (QED) is 0.304. The topological polar surface area (TPSA) is 66.8 Å². The molecule has 1 saturated heterocycles. The molecular weight excluding hydrogens is 440 g/mol. The first-order chi connectivity index (χ1) is 16.2. The first-order valence-corrected chi connectivity index (χ1v) is 10.8. The number of nitrogens with zero attached hydrogens (tertiary/aromatic N) is 1. The molecule has 1 aliphatic heterocycles. The van der Waals surface area contributed by atoms with E-state index < -0.39 is 29.4 Å². The van der Waals surface area contributed by atoms with Crippen LogP contribution in [-0.2, 0) is 9.59 Å². The van der Waals surface area contributed by atoms with E-state index in [1.165, 1.54) is 6.07 Å². The molecule has 1 fully saturated rings. The Bertz CT molecular complexity index is 1330. The second-order valence-corrected chi connectivity index (χ2v) is 8.04. The lowest BCUT2D eigenvalue weighted by Crippen LogP contribution is -2.30. The van der Waals surface area contributed by atoms with Crippen molar-refractivity contribution in [3.8, 4) is 5.75 Å². The van der Waals surface area contributed by atoms with Crippen molar-refractivity contribution in [3.05, 3.63) is 100 Å². The van der Waals surface area contributed by atoms with Gasteiger partial charge >= 0.3 is 0 Å². The Kier molecular flexibility index (Phi) is 6.20. The molecule has 174 valence electrons. The lowest BCUT2D eigenvalue weighted by atomic mass is 9.92. The third-order valence-corrected chi connectivity index (χ3v) is 5.86. The molecule has 34 heavy (non-hydrogen) atoms. The summed E-state index contributed by atoms with van der Waals surface area (Å²) < 4.78 is 33.2. The molecular formula is C27H23F2NO4. The van der Waals surface area contributed by atoms with Crippen LogP contribution in [-0.4, -0.2) is 23.4 Å². The predicted molar refractivity (Wildman–Crippen MR) is 125 cm³/mol. The molecule has 3 aromatic carbocycles. The molecule has 0 radical (unpaired) electrons. The summed E-state index contributed by atoms with van der Waals surface area (Å²) in [7, 11) is 0. The van der Waals surface area contributed by atoms with Crippen LogP contribution in [0.4, 0.5) is 14.5 Å². The molecule has 0 aromatic heterocycles. The van der Waals surface area contributed by atoms with E-state index in [0.29, 0.717) is 23.5 Å². The van der Waals surface area contributed by atoms with E-state index in [4.69, 9.17) is 4.74 Å². The van der Waals surface area contributed by atoms with Crippen LogP contribution in [0.1, 0.15) is 35.2 Å². The van der Waals surface area contributed by atoms with Crippen LogP contribution in [0, 0.1) is 25.5 Å². The second kappa shape index (κ2) is 9.09. The minimum atomic E-state index is -1.15. The monoisotopic (exact) mass is 463 g/mol. The smallest absolute Gasteiger partial charge is 0.300 e. The maximum atomic E-state index is 14.1. The Morgan fingerprint density at radius 1 is 0.971 bits per heavy atom. The zero-order valence-electron chi connectivity index (χ0n) is 18.9. The summed E-state index contributed by atoms with van der Waals surface area (Å²) in [5, 5.41) is 11.2. The molecule has 4 rings (SSSR count). The molecule has 5 nitrogen and oxygen atoms in total. The Morgan fingerprint density at radius 2 is 1.71 bits per heavy atom. The summed E-state index contributed by atoms with van der Waals surface area (Å²) >= 11 is 0. The molecule has 7 heteroatoms. The third-order valence-electron chi connectivity index (χ3n) is 5.86. The van der Waals surface area contributed by atoms with Crippen molar-refractivity contribution in [1.82, 2.24) is 0 Å². The number of hydrogen-bond donors (Lipinski definition) is 1. The van der Waals surface area contributed by atoms with Gasteiger partial charge in [-0.25, -0.2) is 8.78 Å². The van der Waals surface area contributed by atoms with E-state index in [2.05, 4.69) is 0 Å². The number of anilines is 1. The summed E-state index contributed by atoms with van der Waals surface area (Å²) in [5.74, 6) is -3.80. The van der Waals surface area contributed by atoms with Crippen molar-refractivity contribution in [3.63, 3.8) is 0 Å². The molecule has 0 spiro atoms. The lowest BCUT2D eigenvalue weighted by Gasteiger charge is -2.26. The van der Waals surface area contributed by atoms with Crippen molar-refractivity contribution in [2.45, 2.75) is 26.8 Å². The van der Waals surface area contributed by atoms with Gasteiger partial charge < -0.3 is 9.84 Å². The normalized spacial score (nSPS) is 17.3. The number of rotatable bonds is 5. The fraction of sp³-hybridized carbons (Fsp3) is 0.185. The van der Waals surface area contributed by atoms with Crippen LogP contribution in [0.15, 0.2) is 66.2 Å². The standard InChI is InChI=1S/C27H23F2NO4/c1-4-34-22-12-9-17(13-16(22)3)25(31)23-24(19-8-6-5-7-15(19)2)30(27(33)26(23)32)18-10-11-20(28)21(29)14-18/h5-14,24,31H,4H2,1-3H3/b25-23+. The van der Waals surface area contributed by atoms with Crippen molar-refractivity contribution < 1.29 is 28.2 Å². The molecule has 1 N–H and O–H groups in total. The highest BCUT2D eigenvalue weighted by Crippen LogP contribution is 2.43. The molecule has 1 atom stereocenters. The van der Waals surface area contributed by atoms with Crippen LogP contribution in [0.5, 0.6) is 5.75 Å². The number of carbonyl (C=O) groups excluding carboxylic acids is 2. The maximum absolute atomic E-state index is 14.1. The zero-order valence-corrected chi connectivity index (χ0v) is 18.9. The minimum absolute atomic E-state index is 0.0103. The van der Waals surface area contributed by atoms with Crippen LogP contribution >= 0.6 is 0 Å². The van der Waals surface area contributed by atoms with Crippen molar-refractivity contribution in [2.24, 2.45) is 0 Å². The number of ketones is 1. The fourth-order valence-corrected chi connectivity index (χ4v) is 4.19. The lowest BCUT2D eigenvalue weighted by molar-refractivity contribution is -0.132. The first-order valence-electron chi connectivity index (χ1n) is 10.8. The molecule has 0 saturated carbocycles. The van der Waals surface area contributed by atoms with E-state index >= 15 is 0 Å². The van der Waals surface area contributed by atoms with Crippen molar-refractivity contribution >= 4 is 23.1 Å². The Morgan fingerprint density at radius 3 is 2.35 bits per heavy atom. The van der Waals surface area contributed by atoms with Gasteiger partial charge in [-0.15, -0.1) is 0 Å². The highest BCUT2D eigenvalue weighted by Gasteiger charge is 2.47. The molecule has 0 bridgehead atoms. The third kappa shape index (κ3) is 3.94. The summed E-state index contributed by atoms with van der Waals surface area (Å²) in [6.07, 6.45) is 0. The van der Waals surface area contributed by atoms with Gasteiger partial charge in [0.05, 0.1) is 18.2 Å². The van der Waals surface area contributed by atoms with Gasteiger partial charge in [0.15, 0.2) is 11.6 Å². The fourth-order valence-electron chi connectivity index (χ4n) is 4.19. The summed E-state index contributed by atoms with van der Waals surface area (Å²) in [6.45, 7) is 5.94. The number of hydrogen-bond acceptors (Lipinski definition) is 4. The van der Waals surface area contributed by atoms with E-state index in [1.54, 1.807) is 43.3 Å². The average Bonchev–Trinajstić information content (AvgIpc) is 3.07. The maximum Gasteiger partial charge on any atom is 0.300 e. The molecule has 1 amide bonds. The van der Waals surface area contributed by atoms with Gasteiger partial charge in [0, 0.05) is 17.3 Å². The SMILES string of the molecule is CCOc1ccc(/C(O)=C2\C(=O)C(=O)N(c3ccc(F)c(F)c3)C2c2ccccc2C)cc1C. The summed E-state index contributed by atoms with van der Waals surface area (Å²) in [5.41, 5.74) is 2.30. The number of aryl methyl sites for hydroxylation is 2. The van der Waals surface area contributed by atoms with Gasteiger partial charge in [-0.1, -0.05) is 24.3 Å². The van der Waals surface area contributed by atoms with E-state index in [0.717, 1.165) is 28.2 Å². The van der Waals surface area contributed by atoms with Gasteiger partial charge in [-0.05, 0) is 67.8 Å². The minimum Gasteiger partial charge on any atom is -0.507 e. The molecule has 3 aromatic rings. The van der Waals surface area contributed by atoms with E-state index in [9.17, 15) is 23.5 Å². The van der Waals surface area contributed by atoms with Gasteiger partial charge in [-0.3, -0.25) is 14.5 Å². The van der Waals surface area contributed by atoms with E-state index in [-0.39, 0.29) is 17.0 Å². The summed E-state index contributed by atoms with van der Waals surface area (Å²) in [4.78, 5) is 27.4. The predicted octanol–water partition coefficient (Wildman–Crippen LogP) is 5.61. The number of amides is 1. The van der Waals surface area contributed by atoms with Crippen LogP contribution in [0.2, 0.25) is 0 Å². The van der Waals surface area contributed by atoms with Crippen LogP contribution in [0.25, 0.3) is 5.76 Å². The molecule has 0 aliphatic carbocycles. The van der Waals surface area contributed by atoms with Crippen molar-refractivity contribution in [1.29, 1.82) is 0 Å². The highest BCUT2D eigenvalue weighted by molar-refractivity contribution is 6.51. The number of ether oxygens (including phenoxy) is 1. The first kappa shape index (κ1) is 23.2. The van der Waals surface area contributed by atoms with Gasteiger partial charge in [0.25, 0.3) is 11.7 Å². The molecule has 1 aliphatic rings. The van der Waals surface area contributed by atoms with E-state index in [1.807, 2.05) is 19.9 Å². The van der Waals surface area contributed by atoms with Gasteiger partial charge in [-0.2, -0.15) is 0 Å². The Labute approximate surface area is 195 Å². The van der Waals surface area contributed by atoms with Gasteiger partial charge in [0.1, 0.15) is 11.5 Å². The zero-order chi connectivity index (χ0) is 24.6. The molecule has 1 unspecified atom stereocenters. The number of benzene rings is 3. The number of aliphatic hydroxyl groups is 1. The van der Waals surface area contributed by atoms with Crippen LogP contribution < -0.4 is 9.64 Å². The van der Waals surface area contributed by atoms with Crippen LogP contribution in [0.3, 0.4) is 0 Å². The number of Topliss-reactive ketones (excluding diaryl/α,β-unsaturated/α-hetero) is 1. The number of carbonyl (C=O) groups is 2. The van der Waals surface area contributed by atoms with Crippen molar-refractivity contribution in [2.75, 3.05) is 11.5 Å². The number of aliphatic hydroxyl groups excluding tert-OH is 1.